The van der Waals surface area contributed by atoms with Gasteiger partial charge in [-0.25, -0.2) is 8.78 Å². The van der Waals surface area contributed by atoms with E-state index in [2.05, 4.69) is 10.4 Å². The number of alkyl halides is 1. The molecule has 0 bridgehead atoms. The van der Waals surface area contributed by atoms with E-state index < -0.39 is 24.0 Å². The van der Waals surface area contributed by atoms with Crippen molar-refractivity contribution >= 4 is 11.6 Å². The second kappa shape index (κ2) is 6.17. The first-order valence-electron chi connectivity index (χ1n) is 6.17. The summed E-state index contributed by atoms with van der Waals surface area (Å²) < 4.78 is 27.8. The van der Waals surface area contributed by atoms with Crippen LogP contribution in [-0.2, 0) is 13.6 Å². The Morgan fingerprint density at radius 2 is 2.23 bits per heavy atom. The molecule has 1 amide bonds. The summed E-state index contributed by atoms with van der Waals surface area (Å²) in [6, 6.07) is 3.95. The number of anilines is 1. The van der Waals surface area contributed by atoms with Gasteiger partial charge in [0.25, 0.3) is 11.5 Å². The van der Waals surface area contributed by atoms with E-state index in [1.54, 1.807) is 0 Å². The van der Waals surface area contributed by atoms with Crippen molar-refractivity contribution in [2.24, 2.45) is 7.05 Å². The van der Waals surface area contributed by atoms with E-state index in [1.165, 1.54) is 17.8 Å². The minimum Gasteiger partial charge on any atom is -0.319 e. The first-order valence-corrected chi connectivity index (χ1v) is 6.17. The second-order valence-electron chi connectivity index (χ2n) is 4.37. The number of carbonyl (C=O) groups is 1. The predicted octanol–water partition coefficient (Wildman–Crippen LogP) is 0.814. The van der Waals surface area contributed by atoms with Gasteiger partial charge < -0.3 is 9.88 Å². The summed E-state index contributed by atoms with van der Waals surface area (Å²) >= 11 is 0. The molecule has 1 N–H and O–H groups in total. The summed E-state index contributed by atoms with van der Waals surface area (Å²) in [5, 5.41) is 15.0. The molecule has 0 aliphatic rings. The van der Waals surface area contributed by atoms with Crippen LogP contribution >= 0.6 is 0 Å². The number of nitriles is 1. The van der Waals surface area contributed by atoms with E-state index >= 15 is 0 Å². The van der Waals surface area contributed by atoms with Gasteiger partial charge in [-0.05, 0) is 0 Å². The molecule has 2 rings (SSSR count). The number of halogens is 2. The quantitative estimate of drug-likeness (QED) is 0.905. The molecule has 0 saturated carbocycles. The minimum atomic E-state index is -1.11. The van der Waals surface area contributed by atoms with Crippen LogP contribution in [0.5, 0.6) is 0 Å². The van der Waals surface area contributed by atoms with Crippen LogP contribution in [0.3, 0.4) is 0 Å². The van der Waals surface area contributed by atoms with Crippen molar-refractivity contribution < 1.29 is 13.6 Å². The summed E-state index contributed by atoms with van der Waals surface area (Å²) in [5.41, 5.74) is -0.846. The van der Waals surface area contributed by atoms with Gasteiger partial charge in [0.1, 0.15) is 18.4 Å². The van der Waals surface area contributed by atoms with Crippen molar-refractivity contribution in [3.8, 4) is 6.07 Å². The molecule has 2 heterocycles. The Hall–Kier alpha value is -3.02. The Kier molecular flexibility index (Phi) is 4.31. The highest BCUT2D eigenvalue weighted by Gasteiger charge is 2.14. The average molecular weight is 307 g/mol. The van der Waals surface area contributed by atoms with Gasteiger partial charge in [0, 0.05) is 25.4 Å². The van der Waals surface area contributed by atoms with Crippen LogP contribution in [0.25, 0.3) is 0 Å². The van der Waals surface area contributed by atoms with Crippen LogP contribution in [0.4, 0.5) is 14.5 Å². The van der Waals surface area contributed by atoms with Crippen molar-refractivity contribution in [1.29, 1.82) is 5.26 Å². The number of hydrogen-bond acceptors (Lipinski definition) is 4. The predicted molar refractivity (Wildman–Crippen MR) is 72.5 cm³/mol. The molecule has 0 aliphatic heterocycles. The summed E-state index contributed by atoms with van der Waals surface area (Å²) in [4.78, 5) is 23.4. The van der Waals surface area contributed by atoms with Crippen LogP contribution < -0.4 is 10.9 Å². The number of pyridine rings is 1. The lowest BCUT2D eigenvalue weighted by atomic mass is 10.3. The van der Waals surface area contributed by atoms with Crippen molar-refractivity contribution in [2.45, 2.75) is 6.54 Å². The number of nitrogens with one attached hydrogen (secondary N) is 1. The van der Waals surface area contributed by atoms with E-state index in [0.717, 1.165) is 16.8 Å². The van der Waals surface area contributed by atoms with Crippen molar-refractivity contribution in [3.63, 3.8) is 0 Å². The van der Waals surface area contributed by atoms with Crippen molar-refractivity contribution in [2.75, 3.05) is 12.0 Å². The third-order valence-corrected chi connectivity index (χ3v) is 2.85. The van der Waals surface area contributed by atoms with E-state index in [9.17, 15) is 18.4 Å². The molecule has 114 valence electrons. The number of carbonyl (C=O) groups excluding carboxylic acids is 1. The molecular weight excluding hydrogens is 296 g/mol. The van der Waals surface area contributed by atoms with Gasteiger partial charge in [0.15, 0.2) is 11.5 Å². The Morgan fingerprint density at radius 1 is 1.50 bits per heavy atom. The highest BCUT2D eigenvalue weighted by molar-refractivity contribution is 6.02. The molecule has 0 aliphatic carbocycles. The van der Waals surface area contributed by atoms with Gasteiger partial charge in [0.05, 0.1) is 12.2 Å². The molecule has 0 atom stereocenters. The average Bonchev–Trinajstić information content (AvgIpc) is 2.85. The summed E-state index contributed by atoms with van der Waals surface area (Å²) in [7, 11) is 1.50. The molecule has 0 aromatic carbocycles. The lowest BCUT2D eigenvalue weighted by Gasteiger charge is -2.08. The Balaban J connectivity index is 2.28. The van der Waals surface area contributed by atoms with Crippen molar-refractivity contribution in [1.82, 2.24) is 14.3 Å². The third-order valence-electron chi connectivity index (χ3n) is 2.85. The zero-order valence-corrected chi connectivity index (χ0v) is 11.5. The van der Waals surface area contributed by atoms with Gasteiger partial charge in [-0.1, -0.05) is 0 Å². The summed E-state index contributed by atoms with van der Waals surface area (Å²) in [6.07, 6.45) is 1.14. The smallest absolute Gasteiger partial charge is 0.286 e. The van der Waals surface area contributed by atoms with E-state index in [0.29, 0.717) is 0 Å². The molecule has 2 aromatic rings. The molecule has 0 spiro atoms. The molecule has 7 nitrogen and oxygen atoms in total. The number of aromatic nitrogens is 3. The van der Waals surface area contributed by atoms with E-state index in [4.69, 9.17) is 5.26 Å². The first kappa shape index (κ1) is 15.4. The fraction of sp³-hybridized carbons (Fsp3) is 0.231. The maximum atomic E-state index is 13.5. The van der Waals surface area contributed by atoms with Gasteiger partial charge in [0.2, 0.25) is 0 Å². The summed E-state index contributed by atoms with van der Waals surface area (Å²) in [5.74, 6) is -1.79. The van der Waals surface area contributed by atoms with E-state index in [1.807, 2.05) is 6.07 Å². The standard InChI is InChI=1S/C13H11F2N5O2/c1-19-9(6-16)5-11(18-19)12(21)17-8-4-10(15)13(22)20(7-8)3-2-14/h4-5,7H,2-3H2,1H3,(H,17,21). The lowest BCUT2D eigenvalue weighted by Crippen LogP contribution is -2.25. The van der Waals surface area contributed by atoms with Gasteiger partial charge in [-0.3, -0.25) is 14.3 Å². The number of rotatable bonds is 4. The van der Waals surface area contributed by atoms with Crippen LogP contribution in [-0.4, -0.2) is 26.9 Å². The first-order chi connectivity index (χ1) is 10.5. The largest absolute Gasteiger partial charge is 0.319 e. The number of hydrogen-bond donors (Lipinski definition) is 1. The molecular formula is C13H11F2N5O2. The molecule has 0 fully saturated rings. The normalized spacial score (nSPS) is 10.3. The third kappa shape index (κ3) is 3.01. The van der Waals surface area contributed by atoms with Gasteiger partial charge in [-0.2, -0.15) is 10.4 Å². The SMILES string of the molecule is Cn1nc(C(=O)Nc2cc(F)c(=O)n(CCF)c2)cc1C#N. The monoisotopic (exact) mass is 307 g/mol. The highest BCUT2D eigenvalue weighted by atomic mass is 19.1. The summed E-state index contributed by atoms with van der Waals surface area (Å²) in [6.45, 7) is -1.16. The second-order valence-corrected chi connectivity index (χ2v) is 4.37. The van der Waals surface area contributed by atoms with E-state index in [-0.39, 0.29) is 23.6 Å². The maximum absolute atomic E-state index is 13.5. The van der Waals surface area contributed by atoms with Crippen LogP contribution in [0.15, 0.2) is 23.1 Å². The number of nitrogens with zero attached hydrogens (tertiary/aromatic N) is 4. The van der Waals surface area contributed by atoms with Gasteiger partial charge >= 0.3 is 0 Å². The van der Waals surface area contributed by atoms with Gasteiger partial charge in [-0.15, -0.1) is 0 Å². The van der Waals surface area contributed by atoms with Crippen LogP contribution in [0, 0.1) is 17.1 Å². The highest BCUT2D eigenvalue weighted by Crippen LogP contribution is 2.10. The zero-order valence-electron chi connectivity index (χ0n) is 11.5. The lowest BCUT2D eigenvalue weighted by molar-refractivity contribution is 0.102. The minimum absolute atomic E-state index is 0.0142. The Morgan fingerprint density at radius 3 is 2.82 bits per heavy atom. The number of aryl methyl sites for hydroxylation is 2. The van der Waals surface area contributed by atoms with Crippen molar-refractivity contribution in [3.05, 3.63) is 45.9 Å². The fourth-order valence-electron chi connectivity index (χ4n) is 1.80. The van der Waals surface area contributed by atoms with Crippen LogP contribution in [0.1, 0.15) is 16.2 Å². The van der Waals surface area contributed by atoms with Crippen LogP contribution in [0.2, 0.25) is 0 Å². The molecule has 0 saturated heterocycles. The molecule has 0 radical (unpaired) electrons. The molecule has 2 aromatic heterocycles. The number of amides is 1. The Bertz CT molecular complexity index is 819. The zero-order chi connectivity index (χ0) is 16.3. The molecule has 0 unspecified atom stereocenters. The Labute approximate surface area is 123 Å². The fourth-order valence-corrected chi connectivity index (χ4v) is 1.80. The molecule has 22 heavy (non-hydrogen) atoms. The topological polar surface area (TPSA) is 92.7 Å². The maximum Gasteiger partial charge on any atom is 0.286 e. The molecule has 9 heteroatoms.